The number of aliphatic imine (C=N–C) groups is 1. The number of methoxy groups -OCH3 is 1. The second kappa shape index (κ2) is 26.1. The standard InChI is InChI=1S/C65H73ClFN11O6/c1-41(2)84-56-37-49(83-6)27-29-51(56)62-71-59(43-20-18-42(3)19-21-43)60(44-22-24-46(66)25-23-44)78(62)65(82)75-34-33-74(57(80)40-75)30-12-10-8-7-9-11-15-48(79)16-13-32-77-63(69-4)58-45-35-55(61(68)70-38-45)76-31-14-17-54(76)52-36-47(67)26-28-50(52)64(81)73(5)39-53(58)72-77/h18-29,35-38,41,54,59-60H,7-17,30-34,39-40H2,1-3,5-6H3,(H2,68,70)/t54-,59+,60-/m1/s1. The van der Waals surface area contributed by atoms with Crippen LogP contribution in [0.15, 0.2) is 102 Å². The molecule has 2 bridgehead atoms. The Morgan fingerprint density at radius 1 is 0.857 bits per heavy atom. The number of fused-ring (bicyclic) bond motifs is 8. The third-order valence-electron chi connectivity index (χ3n) is 16.4. The summed E-state index contributed by atoms with van der Waals surface area (Å²) in [5, 5.41) is 5.45. The van der Waals surface area contributed by atoms with Gasteiger partial charge >= 0.3 is 6.03 Å². The van der Waals surface area contributed by atoms with Crippen LogP contribution in [-0.4, -0.2) is 117 Å². The van der Waals surface area contributed by atoms with Crippen molar-refractivity contribution < 1.29 is 33.0 Å². The third-order valence-corrected chi connectivity index (χ3v) is 16.7. The highest BCUT2D eigenvalue weighted by atomic mass is 35.5. The van der Waals surface area contributed by atoms with Crippen LogP contribution in [-0.2, 0) is 22.7 Å². The maximum absolute atomic E-state index is 15.2. The van der Waals surface area contributed by atoms with E-state index < -0.39 is 17.9 Å². The van der Waals surface area contributed by atoms with Crippen molar-refractivity contribution in [3.8, 4) is 22.6 Å². The zero-order valence-corrected chi connectivity index (χ0v) is 49.3. The lowest BCUT2D eigenvalue weighted by molar-refractivity contribution is -0.135. The summed E-state index contributed by atoms with van der Waals surface area (Å²) in [6, 6.07) is 25.8. The van der Waals surface area contributed by atoms with Gasteiger partial charge in [0.15, 0.2) is 0 Å². The number of urea groups is 1. The van der Waals surface area contributed by atoms with Gasteiger partial charge in [-0.15, -0.1) is 5.10 Å². The minimum atomic E-state index is -0.561. The molecular weight excluding hydrogens is 1090 g/mol. The van der Waals surface area contributed by atoms with Gasteiger partial charge in [-0.1, -0.05) is 85.8 Å². The Balaban J connectivity index is 0.712. The van der Waals surface area contributed by atoms with E-state index in [1.165, 1.54) is 18.2 Å². The molecule has 0 unspecified atom stereocenters. The van der Waals surface area contributed by atoms with E-state index in [0.29, 0.717) is 132 Å². The summed E-state index contributed by atoms with van der Waals surface area (Å²) in [6.45, 7) is 16.6. The monoisotopic (exact) mass is 1160 g/mol. The quantitative estimate of drug-likeness (QED) is 0.0606. The highest BCUT2D eigenvalue weighted by Crippen LogP contribution is 2.47. The highest BCUT2D eigenvalue weighted by molar-refractivity contribution is 6.30. The number of hydrogen-bond acceptors (Lipinski definition) is 11. The summed E-state index contributed by atoms with van der Waals surface area (Å²) >= 11 is 6.42. The number of aryl methyl sites for hydroxylation is 2. The number of benzene rings is 4. The van der Waals surface area contributed by atoms with Gasteiger partial charge in [0.1, 0.15) is 53.0 Å². The largest absolute Gasteiger partial charge is 0.497 e. The Hall–Kier alpha value is -8.30. The van der Waals surface area contributed by atoms with E-state index in [1.807, 2.05) is 98.5 Å². The van der Waals surface area contributed by atoms with Gasteiger partial charge in [0.2, 0.25) is 5.91 Å². The van der Waals surface area contributed by atoms with E-state index in [9.17, 15) is 18.8 Å². The van der Waals surface area contributed by atoms with Gasteiger partial charge in [-0.05, 0) is 124 Å². The molecule has 6 heterocycles. The molecule has 2 N–H and O–H groups in total. The summed E-state index contributed by atoms with van der Waals surface area (Å²) in [6.07, 6.45) is 9.64. The molecule has 0 spiro atoms. The molecule has 84 heavy (non-hydrogen) atoms. The van der Waals surface area contributed by atoms with Crippen molar-refractivity contribution >= 4 is 58.4 Å². The minimum Gasteiger partial charge on any atom is -0.497 e. The Morgan fingerprint density at radius 3 is 2.32 bits per heavy atom. The molecule has 0 saturated carbocycles. The zero-order valence-electron chi connectivity index (χ0n) is 48.5. The van der Waals surface area contributed by atoms with Crippen molar-refractivity contribution in [1.82, 2.24) is 34.4 Å². The Morgan fingerprint density at radius 2 is 1.58 bits per heavy atom. The number of pyridine rings is 1. The van der Waals surface area contributed by atoms with E-state index in [-0.39, 0.29) is 48.9 Å². The first-order chi connectivity index (χ1) is 40.6. The normalized spacial score (nSPS) is 17.8. The Bertz CT molecular complexity index is 3490. The van der Waals surface area contributed by atoms with Crippen molar-refractivity contribution in [2.45, 2.75) is 129 Å². The van der Waals surface area contributed by atoms with Crippen molar-refractivity contribution in [2.75, 3.05) is 57.5 Å². The number of ether oxygens (including phenoxy) is 2. The van der Waals surface area contributed by atoms with Crippen molar-refractivity contribution in [3.05, 3.63) is 159 Å². The fourth-order valence-corrected chi connectivity index (χ4v) is 12.3. The van der Waals surface area contributed by atoms with Gasteiger partial charge in [-0.25, -0.2) is 14.2 Å². The number of hydrogen-bond donors (Lipinski definition) is 1. The molecule has 2 saturated heterocycles. The van der Waals surface area contributed by atoms with Gasteiger partial charge in [0.05, 0.1) is 49.6 Å². The lowest BCUT2D eigenvalue weighted by Crippen LogP contribution is -2.56. The van der Waals surface area contributed by atoms with E-state index in [0.717, 1.165) is 61.6 Å². The van der Waals surface area contributed by atoms with Crippen LogP contribution in [0.1, 0.15) is 146 Å². The number of unbranched alkanes of at least 4 members (excludes halogenated alkanes) is 5. The van der Waals surface area contributed by atoms with Gasteiger partial charge in [0, 0.05) is 74.5 Å². The minimum absolute atomic E-state index is 0.0658. The number of halogens is 2. The maximum atomic E-state index is 15.2. The van der Waals surface area contributed by atoms with Gasteiger partial charge in [-0.3, -0.25) is 24.3 Å². The number of nitrogens with two attached hydrogens (primary N) is 1. The molecule has 4 amide bonds. The van der Waals surface area contributed by atoms with Crippen LogP contribution < -0.4 is 20.1 Å². The molecule has 438 valence electrons. The van der Waals surface area contributed by atoms with E-state index in [4.69, 9.17) is 43.5 Å². The molecule has 17 nitrogen and oxygen atoms in total. The van der Waals surface area contributed by atoms with Crippen LogP contribution in [0.5, 0.6) is 11.5 Å². The van der Waals surface area contributed by atoms with Crippen molar-refractivity contribution in [1.29, 1.82) is 0 Å². The predicted molar refractivity (Wildman–Crippen MR) is 323 cm³/mol. The van der Waals surface area contributed by atoms with Crippen LogP contribution in [0.3, 0.4) is 0 Å². The third kappa shape index (κ3) is 12.8. The molecule has 3 atom stereocenters. The molecule has 4 aliphatic rings. The molecule has 0 radical (unpaired) electrons. The van der Waals surface area contributed by atoms with Crippen LogP contribution in [0.25, 0.3) is 16.0 Å². The molecule has 19 heteroatoms. The van der Waals surface area contributed by atoms with Gasteiger partial charge in [-0.2, -0.15) is 4.68 Å². The fraction of sp³-hybridized carbons (Fsp3) is 0.415. The molecule has 4 aliphatic heterocycles. The van der Waals surface area contributed by atoms with Crippen LogP contribution in [0.4, 0.5) is 26.5 Å². The molecular formula is C65H73ClFN11O6. The van der Waals surface area contributed by atoms with Gasteiger partial charge < -0.3 is 39.7 Å². The molecule has 2 aromatic heterocycles. The average molecular weight is 1160 g/mol. The number of ketones is 1. The Labute approximate surface area is 496 Å². The number of carbonyl (C=O) groups excluding carboxylic acids is 4. The summed E-state index contributed by atoms with van der Waals surface area (Å²) in [4.78, 5) is 79.0. The predicted octanol–water partition coefficient (Wildman–Crippen LogP) is 12.5. The SMILES string of the molecule is [C-]#[N+]c1c2c(nn1CCCC(=O)CCCCCCCCN1CCN(C(=O)N3C(c4ccc(OC)cc4OC(C)C)=N[C@@H](c4ccc(C)cc4)[C@H]3c3ccc(Cl)cc3)CC1=O)CN(C)C(=O)c1ccc(F)cc1[C@H]1CCCN1c1cc-2cnc1N. The lowest BCUT2D eigenvalue weighted by atomic mass is 9.93. The van der Waals surface area contributed by atoms with Crippen LogP contribution >= 0.6 is 11.6 Å². The number of amides is 4. The first-order valence-corrected chi connectivity index (χ1v) is 29.7. The molecule has 10 rings (SSSR count). The van der Waals surface area contributed by atoms with Crippen LogP contribution in [0, 0.1) is 19.3 Å². The lowest BCUT2D eigenvalue weighted by Gasteiger charge is -2.38. The van der Waals surface area contributed by atoms with Crippen molar-refractivity contribution in [2.24, 2.45) is 4.99 Å². The highest BCUT2D eigenvalue weighted by Gasteiger charge is 2.46. The number of nitrogens with zero attached hydrogens (tertiary/aromatic N) is 10. The van der Waals surface area contributed by atoms with Crippen LogP contribution in [0.2, 0.25) is 5.02 Å². The van der Waals surface area contributed by atoms with E-state index >= 15 is 4.79 Å². The molecule has 6 aromatic rings. The second-order valence-corrected chi connectivity index (χ2v) is 23.1. The van der Waals surface area contributed by atoms with Crippen molar-refractivity contribution in [3.63, 3.8) is 0 Å². The van der Waals surface area contributed by atoms with E-state index in [1.54, 1.807) is 39.7 Å². The number of piperazine rings is 1. The maximum Gasteiger partial charge on any atom is 0.326 e. The Kier molecular flexibility index (Phi) is 18.3. The first kappa shape index (κ1) is 58.9. The number of amidine groups is 1. The number of rotatable bonds is 19. The molecule has 0 aliphatic carbocycles. The fourth-order valence-electron chi connectivity index (χ4n) is 12.2. The number of carbonyl (C=O) groups is 4. The number of anilines is 2. The number of Topliss-reactive ketones (excluding diaryl/α,β-unsaturated/α-hetero) is 1. The van der Waals surface area contributed by atoms with E-state index in [2.05, 4.69) is 14.7 Å². The number of nitrogen functional groups attached to an aromatic ring is 1. The smallest absolute Gasteiger partial charge is 0.326 e. The second-order valence-electron chi connectivity index (χ2n) is 22.7. The summed E-state index contributed by atoms with van der Waals surface area (Å²) in [7, 11) is 3.28. The zero-order chi connectivity index (χ0) is 59.2. The molecule has 4 aromatic carbocycles. The number of aromatic nitrogens is 3. The molecule has 2 fully saturated rings. The topological polar surface area (TPSA) is 176 Å². The first-order valence-electron chi connectivity index (χ1n) is 29.3. The van der Waals surface area contributed by atoms with Gasteiger partial charge in [0.25, 0.3) is 11.7 Å². The summed E-state index contributed by atoms with van der Waals surface area (Å²) in [5.74, 6) is 1.52. The average Bonchev–Trinajstić information content (AvgIpc) is 3.28. The summed E-state index contributed by atoms with van der Waals surface area (Å²) in [5.41, 5.74) is 13.4. The summed E-state index contributed by atoms with van der Waals surface area (Å²) < 4.78 is 28.4.